The minimum Gasteiger partial charge on any atom is -0.407 e. The molecule has 200 valence electrons. The first kappa shape index (κ1) is 27.3. The molecular formula is C23H16ClF4N3O6S. The van der Waals surface area contributed by atoms with Crippen molar-refractivity contribution in [1.29, 1.82) is 0 Å². The third kappa shape index (κ3) is 4.89. The van der Waals surface area contributed by atoms with Crippen LogP contribution < -0.4 is 10.1 Å². The zero-order chi connectivity index (χ0) is 28.0. The van der Waals surface area contributed by atoms with Gasteiger partial charge >= 0.3 is 11.9 Å². The van der Waals surface area contributed by atoms with E-state index < -0.39 is 73.3 Å². The van der Waals surface area contributed by atoms with E-state index in [4.69, 9.17) is 20.8 Å². The normalized spacial score (nSPS) is 12.2. The largest absolute Gasteiger partial charge is 0.417 e. The van der Waals surface area contributed by atoms with Gasteiger partial charge in [-0.25, -0.2) is 26.9 Å². The van der Waals surface area contributed by atoms with E-state index in [1.807, 2.05) is 0 Å². The molecular weight excluding hydrogens is 558 g/mol. The lowest BCUT2D eigenvalue weighted by atomic mass is 10.0. The molecule has 2 aromatic carbocycles. The minimum atomic E-state index is -4.85. The molecule has 4 aromatic rings. The van der Waals surface area contributed by atoms with Crippen LogP contribution >= 0.6 is 11.6 Å². The average molecular weight is 574 g/mol. The molecule has 0 aliphatic carbocycles. The number of rotatable bonds is 7. The molecule has 0 aliphatic heterocycles. The summed E-state index contributed by atoms with van der Waals surface area (Å²) in [7, 11) is -3.73. The molecule has 0 fully saturated rings. The molecule has 2 aromatic heterocycles. The fourth-order valence-electron chi connectivity index (χ4n) is 3.69. The van der Waals surface area contributed by atoms with Crippen molar-refractivity contribution in [3.63, 3.8) is 0 Å². The number of anilines is 1. The van der Waals surface area contributed by atoms with Crippen LogP contribution in [0.1, 0.15) is 27.2 Å². The highest BCUT2D eigenvalue weighted by molar-refractivity contribution is 7.92. The molecule has 0 amide bonds. The molecule has 0 atom stereocenters. The smallest absolute Gasteiger partial charge is 0.407 e. The van der Waals surface area contributed by atoms with Gasteiger partial charge in [0.1, 0.15) is 23.8 Å². The number of ketones is 1. The molecule has 0 aliphatic rings. The predicted octanol–water partition coefficient (Wildman–Crippen LogP) is 4.67. The first-order valence-electron chi connectivity index (χ1n) is 10.5. The van der Waals surface area contributed by atoms with Gasteiger partial charge in [0.2, 0.25) is 5.78 Å². The molecule has 0 bridgehead atoms. The van der Waals surface area contributed by atoms with Gasteiger partial charge in [-0.15, -0.1) is 0 Å². The zero-order valence-electron chi connectivity index (χ0n) is 19.4. The standard InChI is InChI=1S/C23H16ClF4N3O6S/c1-11-3-4-13(8-14(11)23(26,27)28)38(34,35)31(10-36-2)17-7-12(24)9-29-19(17)20(32)18-15(25)5-6-16-21(18)37-22(33)30-16/h3-9H,10H2,1-2H3,(H,30,33). The maximum atomic E-state index is 14.8. The average Bonchev–Trinajstić information content (AvgIpc) is 3.21. The van der Waals surface area contributed by atoms with Crippen molar-refractivity contribution in [3.8, 4) is 0 Å². The van der Waals surface area contributed by atoms with Crippen LogP contribution in [0.3, 0.4) is 0 Å². The predicted molar refractivity (Wildman–Crippen MR) is 127 cm³/mol. The summed E-state index contributed by atoms with van der Waals surface area (Å²) in [5.74, 6) is -3.28. The van der Waals surface area contributed by atoms with Crippen LogP contribution in [0.5, 0.6) is 0 Å². The Morgan fingerprint density at radius 3 is 2.58 bits per heavy atom. The number of benzene rings is 2. The lowest BCUT2D eigenvalue weighted by Gasteiger charge is -2.25. The molecule has 0 unspecified atom stereocenters. The van der Waals surface area contributed by atoms with Crippen molar-refractivity contribution in [2.75, 3.05) is 18.1 Å². The summed E-state index contributed by atoms with van der Waals surface area (Å²) >= 11 is 6.02. The Bertz CT molecular complexity index is 1730. The Morgan fingerprint density at radius 1 is 1.21 bits per heavy atom. The molecule has 2 heterocycles. The minimum absolute atomic E-state index is 0.0176. The molecule has 0 radical (unpaired) electrons. The first-order valence-corrected chi connectivity index (χ1v) is 12.3. The number of aromatic amines is 1. The second-order valence-corrected chi connectivity index (χ2v) is 10.2. The van der Waals surface area contributed by atoms with E-state index in [-0.39, 0.29) is 16.1 Å². The summed E-state index contributed by atoms with van der Waals surface area (Å²) in [6.45, 7) is 0.379. The lowest BCUT2D eigenvalue weighted by Crippen LogP contribution is -2.34. The number of ether oxygens (including phenoxy) is 1. The number of hydrogen-bond acceptors (Lipinski definition) is 7. The highest BCUT2D eigenvalue weighted by atomic mass is 35.5. The van der Waals surface area contributed by atoms with Crippen molar-refractivity contribution in [2.45, 2.75) is 18.0 Å². The van der Waals surface area contributed by atoms with Gasteiger partial charge in [0.05, 0.1) is 26.7 Å². The van der Waals surface area contributed by atoms with E-state index in [2.05, 4.69) is 9.97 Å². The third-order valence-corrected chi connectivity index (χ3v) is 7.37. The number of halogens is 5. The lowest BCUT2D eigenvalue weighted by molar-refractivity contribution is -0.138. The van der Waals surface area contributed by atoms with Crippen molar-refractivity contribution >= 4 is 44.2 Å². The van der Waals surface area contributed by atoms with Crippen LogP contribution in [0, 0.1) is 12.7 Å². The van der Waals surface area contributed by atoms with E-state index in [1.54, 1.807) is 0 Å². The fourth-order valence-corrected chi connectivity index (χ4v) is 5.25. The molecule has 1 N–H and O–H groups in total. The van der Waals surface area contributed by atoms with Crippen molar-refractivity contribution < 1.29 is 39.9 Å². The van der Waals surface area contributed by atoms with Gasteiger partial charge in [-0.3, -0.25) is 9.78 Å². The van der Waals surface area contributed by atoms with Gasteiger partial charge in [-0.1, -0.05) is 17.7 Å². The highest BCUT2D eigenvalue weighted by Gasteiger charge is 2.36. The van der Waals surface area contributed by atoms with Gasteiger partial charge in [0.15, 0.2) is 5.58 Å². The number of hydrogen-bond donors (Lipinski definition) is 1. The number of carbonyl (C=O) groups is 1. The fraction of sp³-hybridized carbons (Fsp3) is 0.174. The Hall–Kier alpha value is -3.75. The summed E-state index contributed by atoms with van der Waals surface area (Å²) in [5, 5.41) is -0.153. The Balaban J connectivity index is 1.93. The van der Waals surface area contributed by atoms with Gasteiger partial charge in [-0.2, -0.15) is 13.2 Å². The molecule has 0 saturated heterocycles. The highest BCUT2D eigenvalue weighted by Crippen LogP contribution is 2.36. The molecule has 38 heavy (non-hydrogen) atoms. The number of carbonyl (C=O) groups excluding carboxylic acids is 1. The van der Waals surface area contributed by atoms with Crippen LogP contribution in [0.25, 0.3) is 11.1 Å². The Morgan fingerprint density at radius 2 is 1.92 bits per heavy atom. The van der Waals surface area contributed by atoms with Crippen LogP contribution in [0.2, 0.25) is 5.02 Å². The van der Waals surface area contributed by atoms with Gasteiger partial charge < -0.3 is 9.15 Å². The van der Waals surface area contributed by atoms with Crippen molar-refractivity contribution in [2.24, 2.45) is 0 Å². The summed E-state index contributed by atoms with van der Waals surface area (Å²) in [6.07, 6.45) is -3.87. The molecule has 15 heteroatoms. The zero-order valence-corrected chi connectivity index (χ0v) is 21.0. The number of aromatic nitrogens is 2. The molecule has 0 saturated carbocycles. The topological polar surface area (TPSA) is 123 Å². The maximum Gasteiger partial charge on any atom is 0.417 e. The van der Waals surface area contributed by atoms with E-state index in [9.17, 15) is 35.6 Å². The maximum absolute atomic E-state index is 14.8. The van der Waals surface area contributed by atoms with Crippen molar-refractivity contribution in [3.05, 3.63) is 86.4 Å². The number of H-pyrrole nitrogens is 1. The summed E-state index contributed by atoms with van der Waals surface area (Å²) in [5.41, 5.74) is -3.78. The van der Waals surface area contributed by atoms with E-state index in [0.29, 0.717) is 10.4 Å². The van der Waals surface area contributed by atoms with E-state index >= 15 is 0 Å². The number of nitrogens with zero attached hydrogens (tertiary/aromatic N) is 2. The van der Waals surface area contributed by atoms with Crippen LogP contribution in [-0.4, -0.2) is 38.0 Å². The van der Waals surface area contributed by atoms with Gasteiger partial charge in [-0.05, 0) is 42.8 Å². The number of pyridine rings is 1. The number of sulfonamides is 1. The van der Waals surface area contributed by atoms with Crippen LogP contribution in [-0.2, 0) is 20.9 Å². The quantitative estimate of drug-likeness (QED) is 0.194. The van der Waals surface area contributed by atoms with Gasteiger partial charge in [0, 0.05) is 13.3 Å². The summed E-state index contributed by atoms with van der Waals surface area (Å²) < 4.78 is 92.8. The second-order valence-electron chi connectivity index (χ2n) is 7.91. The van der Waals surface area contributed by atoms with Crippen LogP contribution in [0.4, 0.5) is 23.2 Å². The number of alkyl halides is 3. The first-order chi connectivity index (χ1) is 17.8. The molecule has 4 rings (SSSR count). The third-order valence-electron chi connectivity index (χ3n) is 5.43. The van der Waals surface area contributed by atoms with E-state index in [1.165, 1.54) is 6.92 Å². The monoisotopic (exact) mass is 573 g/mol. The molecule has 0 spiro atoms. The summed E-state index contributed by atoms with van der Waals surface area (Å²) in [6, 6.07) is 5.42. The Kier molecular flexibility index (Phi) is 7.07. The second kappa shape index (κ2) is 9.85. The van der Waals surface area contributed by atoms with E-state index in [0.717, 1.165) is 43.6 Å². The summed E-state index contributed by atoms with van der Waals surface area (Å²) in [4.78, 5) is 30.5. The Labute approximate surface area is 216 Å². The van der Waals surface area contributed by atoms with Crippen LogP contribution in [0.15, 0.2) is 56.7 Å². The number of fused-ring (bicyclic) bond motifs is 1. The number of nitrogens with one attached hydrogen (secondary N) is 1. The number of methoxy groups -OCH3 is 1. The molecule has 9 nitrogen and oxygen atoms in total. The number of aryl methyl sites for hydroxylation is 1. The van der Waals surface area contributed by atoms with Gasteiger partial charge in [0.25, 0.3) is 10.0 Å². The van der Waals surface area contributed by atoms with Crippen molar-refractivity contribution in [1.82, 2.24) is 9.97 Å². The SMILES string of the molecule is COCN(c1cc(Cl)cnc1C(=O)c1c(F)ccc2[nH]c(=O)oc12)S(=O)(=O)c1ccc(C)c(C(F)(F)F)c1. The number of oxazole rings is 1.